The first-order valence-electron chi connectivity index (χ1n) is 10.9. The molecule has 2 aliphatic heterocycles. The Bertz CT molecular complexity index is 715. The molecule has 3 atom stereocenters. The monoisotopic (exact) mass is 512 g/mol. The van der Waals surface area contributed by atoms with E-state index in [9.17, 15) is 0 Å². The molecule has 6 heteroatoms. The Morgan fingerprint density at radius 3 is 2.66 bits per heavy atom. The number of hydrogen-bond acceptors (Lipinski definition) is 3. The average molecular weight is 512 g/mol. The summed E-state index contributed by atoms with van der Waals surface area (Å²) in [5.41, 5.74) is 2.94. The summed E-state index contributed by atoms with van der Waals surface area (Å²) >= 11 is 0. The van der Waals surface area contributed by atoms with Crippen LogP contribution in [0.3, 0.4) is 0 Å². The number of ether oxygens (including phenoxy) is 1. The van der Waals surface area contributed by atoms with Crippen LogP contribution >= 0.6 is 24.0 Å². The molecule has 0 radical (unpaired) electrons. The molecule has 1 aliphatic carbocycles. The topological polar surface area (TPSA) is 48.9 Å². The minimum Gasteiger partial charge on any atom is -0.377 e. The first kappa shape index (κ1) is 22.8. The van der Waals surface area contributed by atoms with Gasteiger partial charge in [0.25, 0.3) is 0 Å². The Kier molecular flexibility index (Phi) is 7.49. The third-order valence-electron chi connectivity index (χ3n) is 7.03. The maximum atomic E-state index is 5.92. The number of rotatable bonds is 4. The Morgan fingerprint density at radius 1 is 1.21 bits per heavy atom. The molecule has 2 N–H and O–H groups in total. The van der Waals surface area contributed by atoms with Gasteiger partial charge >= 0.3 is 0 Å². The molecule has 162 valence electrons. The van der Waals surface area contributed by atoms with Crippen LogP contribution in [0, 0.1) is 18.3 Å². The third kappa shape index (κ3) is 4.90. The van der Waals surface area contributed by atoms with Crippen LogP contribution in [0.1, 0.15) is 44.2 Å². The molecule has 29 heavy (non-hydrogen) atoms. The molecule has 0 spiro atoms. The Balaban J connectivity index is 0.00000240. The fraction of sp³-hybridized carbons (Fsp3) is 0.696. The summed E-state index contributed by atoms with van der Waals surface area (Å²) in [6.45, 7) is 11.0. The smallest absolute Gasteiger partial charge is 0.191 e. The molecular weight excluding hydrogens is 475 g/mol. The van der Waals surface area contributed by atoms with E-state index in [2.05, 4.69) is 65.6 Å². The second-order valence-electron chi connectivity index (χ2n) is 9.44. The second kappa shape index (κ2) is 9.52. The number of benzene rings is 1. The lowest BCUT2D eigenvalue weighted by Gasteiger charge is -2.55. The highest BCUT2D eigenvalue weighted by atomic mass is 127. The summed E-state index contributed by atoms with van der Waals surface area (Å²) in [6, 6.07) is 9.82. The van der Waals surface area contributed by atoms with Crippen LogP contribution in [0.2, 0.25) is 0 Å². The number of hydrogen-bond donors (Lipinski definition) is 2. The molecule has 3 fully saturated rings. The van der Waals surface area contributed by atoms with Crippen LogP contribution in [-0.4, -0.2) is 55.8 Å². The van der Waals surface area contributed by atoms with Gasteiger partial charge in [0, 0.05) is 56.7 Å². The number of likely N-dealkylation sites (tertiary alicyclic amines) is 1. The highest BCUT2D eigenvalue weighted by Crippen LogP contribution is 2.52. The lowest BCUT2D eigenvalue weighted by Crippen LogP contribution is -2.68. The van der Waals surface area contributed by atoms with E-state index in [0.717, 1.165) is 45.0 Å². The Labute approximate surface area is 193 Å². The highest BCUT2D eigenvalue weighted by Gasteiger charge is 2.59. The summed E-state index contributed by atoms with van der Waals surface area (Å²) < 4.78 is 5.92. The number of fused-ring (bicyclic) bond motifs is 1. The fourth-order valence-electron chi connectivity index (χ4n) is 5.43. The quantitative estimate of drug-likeness (QED) is 0.368. The van der Waals surface area contributed by atoms with Crippen LogP contribution in [-0.2, 0) is 11.3 Å². The van der Waals surface area contributed by atoms with Crippen molar-refractivity contribution in [2.24, 2.45) is 16.3 Å². The van der Waals surface area contributed by atoms with Gasteiger partial charge < -0.3 is 15.4 Å². The van der Waals surface area contributed by atoms with Gasteiger partial charge in [0.05, 0.1) is 6.10 Å². The van der Waals surface area contributed by atoms with Crippen LogP contribution in [0.5, 0.6) is 0 Å². The van der Waals surface area contributed by atoms with Gasteiger partial charge in [-0.1, -0.05) is 43.7 Å². The highest BCUT2D eigenvalue weighted by molar-refractivity contribution is 14.0. The number of aryl methyl sites for hydroxylation is 1. The number of guanidine groups is 1. The van der Waals surface area contributed by atoms with E-state index in [1.54, 1.807) is 0 Å². The molecule has 5 nitrogen and oxygen atoms in total. The Hall–Kier alpha value is -0.860. The summed E-state index contributed by atoms with van der Waals surface area (Å²) in [5, 5.41) is 7.40. The Morgan fingerprint density at radius 2 is 1.97 bits per heavy atom. The van der Waals surface area contributed by atoms with Gasteiger partial charge in [-0.05, 0) is 31.7 Å². The van der Waals surface area contributed by atoms with Gasteiger partial charge in [-0.2, -0.15) is 0 Å². The summed E-state index contributed by atoms with van der Waals surface area (Å²) in [7, 11) is 1.89. The van der Waals surface area contributed by atoms with Crippen LogP contribution in [0.4, 0.5) is 0 Å². The van der Waals surface area contributed by atoms with Gasteiger partial charge in [-0.25, -0.2) is 0 Å². The van der Waals surface area contributed by atoms with Crippen molar-refractivity contribution in [1.29, 1.82) is 0 Å². The first-order valence-corrected chi connectivity index (χ1v) is 10.9. The van der Waals surface area contributed by atoms with Crippen molar-refractivity contribution < 1.29 is 4.74 Å². The standard InChI is InChI=1S/C23H36N4O.HI/c1-16-6-5-7-17(14-16)15-27-11-8-18(9-12-27)25-22(24-4)26-20-19-10-13-28-21(19)23(20,2)3;/h5-7,14,18-21H,8-13,15H2,1-4H3,(H2,24,25,26);1H. The van der Waals surface area contributed by atoms with Crippen molar-refractivity contribution in [2.75, 3.05) is 26.7 Å². The summed E-state index contributed by atoms with van der Waals surface area (Å²) in [6.07, 6.45) is 3.90. The van der Waals surface area contributed by atoms with Crippen molar-refractivity contribution in [3.8, 4) is 0 Å². The number of piperidine rings is 1. The second-order valence-corrected chi connectivity index (χ2v) is 9.44. The van der Waals surface area contributed by atoms with E-state index in [0.29, 0.717) is 24.1 Å². The van der Waals surface area contributed by atoms with E-state index in [1.807, 2.05) is 7.05 Å². The van der Waals surface area contributed by atoms with Gasteiger partial charge in [-0.3, -0.25) is 9.89 Å². The summed E-state index contributed by atoms with van der Waals surface area (Å²) in [4.78, 5) is 7.09. The number of nitrogens with zero attached hydrogens (tertiary/aromatic N) is 2. The predicted octanol–water partition coefficient (Wildman–Crippen LogP) is 3.56. The van der Waals surface area contributed by atoms with Crippen LogP contribution < -0.4 is 10.6 Å². The molecule has 1 aromatic carbocycles. The first-order chi connectivity index (χ1) is 13.5. The minimum atomic E-state index is 0. The minimum absolute atomic E-state index is 0. The van der Waals surface area contributed by atoms with Crippen molar-refractivity contribution in [2.45, 2.75) is 64.8 Å². The SMILES string of the molecule is CN=C(NC1CCN(Cc2cccc(C)c2)CC1)NC1C2CCOC2C1(C)C.I. The third-order valence-corrected chi connectivity index (χ3v) is 7.03. The lowest BCUT2D eigenvalue weighted by atomic mass is 9.57. The van der Waals surface area contributed by atoms with E-state index in [-0.39, 0.29) is 29.4 Å². The molecule has 0 bridgehead atoms. The molecule has 4 rings (SSSR count). The van der Waals surface area contributed by atoms with Crippen LogP contribution in [0.25, 0.3) is 0 Å². The molecular formula is C23H37IN4O. The summed E-state index contributed by atoms with van der Waals surface area (Å²) in [5.74, 6) is 1.59. The molecule has 3 aliphatic rings. The van der Waals surface area contributed by atoms with Gasteiger partial charge in [0.1, 0.15) is 0 Å². The molecule has 1 aromatic rings. The van der Waals surface area contributed by atoms with E-state index >= 15 is 0 Å². The average Bonchev–Trinajstić information content (AvgIpc) is 3.13. The van der Waals surface area contributed by atoms with E-state index in [4.69, 9.17) is 4.74 Å². The van der Waals surface area contributed by atoms with Crippen molar-refractivity contribution in [3.05, 3.63) is 35.4 Å². The van der Waals surface area contributed by atoms with Crippen molar-refractivity contribution in [3.63, 3.8) is 0 Å². The zero-order valence-electron chi connectivity index (χ0n) is 18.3. The zero-order chi connectivity index (χ0) is 19.7. The van der Waals surface area contributed by atoms with E-state index in [1.165, 1.54) is 17.5 Å². The molecule has 0 aromatic heterocycles. The lowest BCUT2D eigenvalue weighted by molar-refractivity contribution is -0.106. The predicted molar refractivity (Wildman–Crippen MR) is 130 cm³/mol. The van der Waals surface area contributed by atoms with Gasteiger partial charge in [-0.15, -0.1) is 24.0 Å². The molecule has 2 heterocycles. The normalized spacial score (nSPS) is 29.5. The van der Waals surface area contributed by atoms with Gasteiger partial charge in [0.2, 0.25) is 0 Å². The van der Waals surface area contributed by atoms with E-state index < -0.39 is 0 Å². The maximum Gasteiger partial charge on any atom is 0.191 e. The largest absolute Gasteiger partial charge is 0.377 e. The van der Waals surface area contributed by atoms with Gasteiger partial charge in [0.15, 0.2) is 5.96 Å². The van der Waals surface area contributed by atoms with Crippen LogP contribution in [0.15, 0.2) is 29.3 Å². The molecule has 3 unspecified atom stereocenters. The number of aliphatic imine (C=N–C) groups is 1. The number of halogens is 1. The molecule has 1 saturated carbocycles. The molecule has 2 saturated heterocycles. The van der Waals surface area contributed by atoms with Crippen molar-refractivity contribution in [1.82, 2.24) is 15.5 Å². The number of nitrogens with one attached hydrogen (secondary N) is 2. The zero-order valence-corrected chi connectivity index (χ0v) is 20.6. The fourth-order valence-corrected chi connectivity index (χ4v) is 5.43. The maximum absolute atomic E-state index is 5.92. The van der Waals surface area contributed by atoms with Crippen molar-refractivity contribution >= 4 is 29.9 Å². The molecule has 0 amide bonds.